The molecule has 2 rings (SSSR count). The maximum absolute atomic E-state index is 12.8. The number of unbranched alkanes of at least 4 members (excludes halogenated alkanes) is 1. The van der Waals surface area contributed by atoms with Crippen LogP contribution in [-0.4, -0.2) is 58.0 Å². The fourth-order valence-electron chi connectivity index (χ4n) is 3.14. The number of hydrogen-bond acceptors (Lipinski definition) is 4. The molecular formula is C16H28N4O2. The van der Waals surface area contributed by atoms with Gasteiger partial charge in [0.2, 0.25) is 5.91 Å². The van der Waals surface area contributed by atoms with Crippen molar-refractivity contribution < 1.29 is 9.90 Å². The van der Waals surface area contributed by atoms with Gasteiger partial charge in [0.25, 0.3) is 0 Å². The van der Waals surface area contributed by atoms with Crippen LogP contribution in [0.15, 0.2) is 6.07 Å². The first kappa shape index (κ1) is 17.0. The van der Waals surface area contributed by atoms with E-state index in [9.17, 15) is 4.79 Å². The van der Waals surface area contributed by atoms with E-state index in [4.69, 9.17) is 5.11 Å². The molecule has 1 amide bonds. The van der Waals surface area contributed by atoms with Gasteiger partial charge in [-0.15, -0.1) is 0 Å². The predicted octanol–water partition coefficient (Wildman–Crippen LogP) is 1.32. The van der Waals surface area contributed by atoms with Crippen molar-refractivity contribution in [3.05, 3.63) is 11.8 Å². The zero-order valence-corrected chi connectivity index (χ0v) is 14.0. The summed E-state index contributed by atoms with van der Waals surface area (Å²) in [6, 6.07) is 1.90. The molecule has 1 saturated heterocycles. The van der Waals surface area contributed by atoms with E-state index in [0.717, 1.165) is 56.8 Å². The van der Waals surface area contributed by atoms with Crippen LogP contribution in [0, 0.1) is 6.92 Å². The molecule has 1 aromatic heterocycles. The van der Waals surface area contributed by atoms with E-state index in [1.54, 1.807) is 4.68 Å². The molecule has 124 valence electrons. The summed E-state index contributed by atoms with van der Waals surface area (Å²) in [6.45, 7) is 6.72. The minimum atomic E-state index is -0.0618. The van der Waals surface area contributed by atoms with Crippen molar-refractivity contribution in [1.29, 1.82) is 0 Å². The molecule has 1 N–H and O–H groups in total. The van der Waals surface area contributed by atoms with E-state index in [0.29, 0.717) is 0 Å². The van der Waals surface area contributed by atoms with Gasteiger partial charge in [-0.25, -0.2) is 0 Å². The largest absolute Gasteiger partial charge is 0.396 e. The molecule has 0 saturated carbocycles. The Bertz CT molecular complexity index is 492. The van der Waals surface area contributed by atoms with Gasteiger partial charge in [-0.2, -0.15) is 5.10 Å². The first-order valence-corrected chi connectivity index (χ1v) is 8.25. The number of amides is 1. The van der Waals surface area contributed by atoms with Gasteiger partial charge in [-0.3, -0.25) is 19.3 Å². The van der Waals surface area contributed by atoms with Crippen molar-refractivity contribution >= 4 is 11.7 Å². The summed E-state index contributed by atoms with van der Waals surface area (Å²) in [5.41, 5.74) is 0.928. The van der Waals surface area contributed by atoms with Gasteiger partial charge in [-0.05, 0) is 32.7 Å². The van der Waals surface area contributed by atoms with Crippen molar-refractivity contribution in [1.82, 2.24) is 14.7 Å². The Labute approximate surface area is 132 Å². The van der Waals surface area contributed by atoms with E-state index in [1.165, 1.54) is 0 Å². The number of aliphatic hydroxyl groups excluding tert-OH is 1. The summed E-state index contributed by atoms with van der Waals surface area (Å²) in [4.78, 5) is 16.9. The molecule has 0 aliphatic carbocycles. The number of aryl methyl sites for hydroxylation is 2. The minimum Gasteiger partial charge on any atom is -0.396 e. The molecule has 0 bridgehead atoms. The highest BCUT2D eigenvalue weighted by atomic mass is 16.3. The predicted molar refractivity (Wildman–Crippen MR) is 86.9 cm³/mol. The number of nitrogens with zero attached hydrogens (tertiary/aromatic N) is 4. The molecule has 1 aliphatic heterocycles. The summed E-state index contributed by atoms with van der Waals surface area (Å²) in [5, 5.41) is 13.4. The highest BCUT2D eigenvalue weighted by molar-refractivity contribution is 5.98. The molecule has 1 aliphatic rings. The van der Waals surface area contributed by atoms with Crippen LogP contribution in [0.25, 0.3) is 0 Å². The van der Waals surface area contributed by atoms with Gasteiger partial charge >= 0.3 is 0 Å². The average Bonchev–Trinajstić information content (AvgIpc) is 3.02. The lowest BCUT2D eigenvalue weighted by atomic mass is 10.1. The Balaban J connectivity index is 2.08. The number of carbonyl (C=O) groups excluding carboxylic acids is 1. The van der Waals surface area contributed by atoms with E-state index in [-0.39, 0.29) is 18.6 Å². The molecule has 1 aromatic rings. The van der Waals surface area contributed by atoms with E-state index in [1.807, 2.05) is 24.9 Å². The third-order valence-corrected chi connectivity index (χ3v) is 4.27. The first-order chi connectivity index (χ1) is 10.6. The van der Waals surface area contributed by atoms with E-state index < -0.39 is 0 Å². The first-order valence-electron chi connectivity index (χ1n) is 8.25. The van der Waals surface area contributed by atoms with Crippen molar-refractivity contribution in [2.45, 2.75) is 45.6 Å². The van der Waals surface area contributed by atoms with Gasteiger partial charge in [-0.1, -0.05) is 13.3 Å². The highest BCUT2D eigenvalue weighted by Crippen LogP contribution is 2.25. The number of aromatic nitrogens is 2. The van der Waals surface area contributed by atoms with Crippen molar-refractivity contribution in [3.8, 4) is 0 Å². The van der Waals surface area contributed by atoms with Gasteiger partial charge in [0, 0.05) is 32.8 Å². The second-order valence-electron chi connectivity index (χ2n) is 6.03. The zero-order valence-electron chi connectivity index (χ0n) is 14.0. The quantitative estimate of drug-likeness (QED) is 0.787. The van der Waals surface area contributed by atoms with Crippen LogP contribution in [0.5, 0.6) is 0 Å². The molecule has 0 spiro atoms. The Morgan fingerprint density at radius 3 is 2.73 bits per heavy atom. The molecular weight excluding hydrogens is 280 g/mol. The zero-order chi connectivity index (χ0) is 16.1. The van der Waals surface area contributed by atoms with Gasteiger partial charge in [0.1, 0.15) is 5.82 Å². The van der Waals surface area contributed by atoms with Crippen LogP contribution in [0.4, 0.5) is 5.82 Å². The number of aliphatic hydroxyl groups is 1. The van der Waals surface area contributed by atoms with Gasteiger partial charge < -0.3 is 5.11 Å². The highest BCUT2D eigenvalue weighted by Gasteiger charge is 2.37. The number of hydrogen-bond donors (Lipinski definition) is 1. The molecule has 1 fully saturated rings. The molecule has 6 heteroatoms. The number of carbonyl (C=O) groups is 1. The second-order valence-corrected chi connectivity index (χ2v) is 6.03. The number of anilines is 1. The van der Waals surface area contributed by atoms with Gasteiger partial charge in [0.05, 0.1) is 11.7 Å². The molecule has 0 aromatic carbocycles. The summed E-state index contributed by atoms with van der Waals surface area (Å²) < 4.78 is 1.78. The molecule has 1 atom stereocenters. The molecule has 2 heterocycles. The van der Waals surface area contributed by atoms with Crippen molar-refractivity contribution in [2.75, 3.05) is 31.1 Å². The summed E-state index contributed by atoms with van der Waals surface area (Å²) in [5.74, 6) is 1.04. The standard InChI is InChI=1S/C16H28N4O2/c1-4-5-8-19(9-6-11-21)14-7-10-20(16(14)22)15-12-13(2)17-18(15)3/h12,14,21H,4-11H2,1-3H3. The van der Waals surface area contributed by atoms with E-state index >= 15 is 0 Å². The molecule has 0 radical (unpaired) electrons. The summed E-state index contributed by atoms with van der Waals surface area (Å²) >= 11 is 0. The number of rotatable bonds is 8. The molecule has 1 unspecified atom stereocenters. The van der Waals surface area contributed by atoms with Crippen LogP contribution in [0.3, 0.4) is 0 Å². The van der Waals surface area contributed by atoms with Gasteiger partial charge in [0.15, 0.2) is 0 Å². The van der Waals surface area contributed by atoms with Crippen molar-refractivity contribution in [3.63, 3.8) is 0 Å². The van der Waals surface area contributed by atoms with Crippen molar-refractivity contribution in [2.24, 2.45) is 7.05 Å². The smallest absolute Gasteiger partial charge is 0.245 e. The Kier molecular flexibility index (Phi) is 5.97. The molecule has 6 nitrogen and oxygen atoms in total. The third kappa shape index (κ3) is 3.67. The Morgan fingerprint density at radius 1 is 1.41 bits per heavy atom. The average molecular weight is 308 g/mol. The lowest BCUT2D eigenvalue weighted by molar-refractivity contribution is -0.121. The second kappa shape index (κ2) is 7.74. The van der Waals surface area contributed by atoms with E-state index in [2.05, 4.69) is 16.9 Å². The van der Waals surface area contributed by atoms with Crippen LogP contribution < -0.4 is 4.90 Å². The Morgan fingerprint density at radius 2 is 2.14 bits per heavy atom. The Hall–Kier alpha value is -1.40. The third-order valence-electron chi connectivity index (χ3n) is 4.27. The normalized spacial score (nSPS) is 18.7. The fourth-order valence-corrected chi connectivity index (χ4v) is 3.14. The minimum absolute atomic E-state index is 0.0618. The monoisotopic (exact) mass is 308 g/mol. The lowest BCUT2D eigenvalue weighted by Gasteiger charge is -2.27. The molecule has 22 heavy (non-hydrogen) atoms. The van der Waals surface area contributed by atoms with Crippen LogP contribution in [0.2, 0.25) is 0 Å². The summed E-state index contributed by atoms with van der Waals surface area (Å²) in [6.07, 6.45) is 3.76. The lowest BCUT2D eigenvalue weighted by Crippen LogP contribution is -2.43. The van der Waals surface area contributed by atoms with Crippen LogP contribution in [0.1, 0.15) is 38.3 Å². The maximum atomic E-state index is 12.8. The van der Waals surface area contributed by atoms with Crippen LogP contribution in [-0.2, 0) is 11.8 Å². The maximum Gasteiger partial charge on any atom is 0.245 e. The summed E-state index contributed by atoms with van der Waals surface area (Å²) in [7, 11) is 1.88. The topological polar surface area (TPSA) is 61.6 Å². The fraction of sp³-hybridized carbons (Fsp3) is 0.750. The SMILES string of the molecule is CCCCN(CCCO)C1CCN(c2cc(C)nn2C)C1=O. The van der Waals surface area contributed by atoms with Crippen LogP contribution >= 0.6 is 0 Å².